The second kappa shape index (κ2) is 5.84. The van der Waals surface area contributed by atoms with Gasteiger partial charge in [0.25, 0.3) is 0 Å². The van der Waals surface area contributed by atoms with Gasteiger partial charge in [-0.2, -0.15) is 0 Å². The number of carbonyl (C=O) groups is 2. The van der Waals surface area contributed by atoms with Crippen LogP contribution in [0.25, 0.3) is 5.57 Å². The van der Waals surface area contributed by atoms with E-state index in [2.05, 4.69) is 43.4 Å². The second-order valence-electron chi connectivity index (χ2n) is 6.77. The standard InChI is InChI=1S/C19H24N2O2/c1-13-10-14(2)12-16(11-13)15-4-8-21(9-5-15)18(23)19(6-7-19)17(22)20-3/h4,10-12H,5-9H2,1-3H3,(H,20,22). The van der Waals surface area contributed by atoms with Crippen molar-refractivity contribution in [2.24, 2.45) is 5.41 Å². The van der Waals surface area contributed by atoms with Gasteiger partial charge in [-0.05, 0) is 44.2 Å². The number of nitrogens with one attached hydrogen (secondary N) is 1. The molecule has 0 bridgehead atoms. The highest BCUT2D eigenvalue weighted by atomic mass is 16.2. The van der Waals surface area contributed by atoms with E-state index in [0.29, 0.717) is 25.9 Å². The first-order valence-electron chi connectivity index (χ1n) is 8.25. The lowest BCUT2D eigenvalue weighted by atomic mass is 9.95. The van der Waals surface area contributed by atoms with Gasteiger partial charge < -0.3 is 10.2 Å². The zero-order chi connectivity index (χ0) is 16.6. The van der Waals surface area contributed by atoms with Gasteiger partial charge in [0.05, 0.1) is 0 Å². The third-order valence-electron chi connectivity index (χ3n) is 4.91. The highest BCUT2D eigenvalue weighted by molar-refractivity contribution is 6.08. The lowest BCUT2D eigenvalue weighted by molar-refractivity contribution is -0.143. The van der Waals surface area contributed by atoms with Crippen LogP contribution in [-0.4, -0.2) is 36.9 Å². The van der Waals surface area contributed by atoms with Crippen molar-refractivity contribution in [3.63, 3.8) is 0 Å². The second-order valence-corrected chi connectivity index (χ2v) is 6.77. The summed E-state index contributed by atoms with van der Waals surface area (Å²) in [6.45, 7) is 5.50. The lowest BCUT2D eigenvalue weighted by Gasteiger charge is -2.29. The Balaban J connectivity index is 1.73. The fraction of sp³-hybridized carbons (Fsp3) is 0.474. The predicted molar refractivity (Wildman–Crippen MR) is 90.8 cm³/mol. The Kier molecular flexibility index (Phi) is 4.00. The maximum absolute atomic E-state index is 12.7. The van der Waals surface area contributed by atoms with Crippen LogP contribution in [0.3, 0.4) is 0 Å². The predicted octanol–water partition coefficient (Wildman–Crippen LogP) is 2.45. The van der Waals surface area contributed by atoms with Crippen LogP contribution in [0, 0.1) is 19.3 Å². The molecule has 1 saturated carbocycles. The lowest BCUT2D eigenvalue weighted by Crippen LogP contribution is -2.45. The van der Waals surface area contributed by atoms with Gasteiger partial charge in [-0.15, -0.1) is 0 Å². The molecule has 1 aromatic carbocycles. The molecule has 1 aliphatic heterocycles. The Labute approximate surface area is 137 Å². The van der Waals surface area contributed by atoms with Crippen molar-refractivity contribution in [3.05, 3.63) is 41.0 Å². The average Bonchev–Trinajstić information content (AvgIpc) is 3.34. The largest absolute Gasteiger partial charge is 0.358 e. The smallest absolute Gasteiger partial charge is 0.238 e. The van der Waals surface area contributed by atoms with Crippen LogP contribution < -0.4 is 5.32 Å². The zero-order valence-corrected chi connectivity index (χ0v) is 14.1. The molecule has 0 unspecified atom stereocenters. The van der Waals surface area contributed by atoms with E-state index >= 15 is 0 Å². The summed E-state index contributed by atoms with van der Waals surface area (Å²) in [6, 6.07) is 6.56. The molecule has 0 radical (unpaired) electrons. The number of nitrogens with zero attached hydrogens (tertiary/aromatic N) is 1. The number of carbonyl (C=O) groups excluding carboxylic acids is 2. The highest BCUT2D eigenvalue weighted by Crippen LogP contribution is 2.47. The molecule has 4 heteroatoms. The van der Waals surface area contributed by atoms with Crippen LogP contribution in [-0.2, 0) is 9.59 Å². The van der Waals surface area contributed by atoms with Crippen molar-refractivity contribution in [2.45, 2.75) is 33.1 Å². The van der Waals surface area contributed by atoms with Gasteiger partial charge in [0, 0.05) is 20.1 Å². The monoisotopic (exact) mass is 312 g/mol. The van der Waals surface area contributed by atoms with Crippen molar-refractivity contribution in [1.82, 2.24) is 10.2 Å². The molecule has 23 heavy (non-hydrogen) atoms. The molecule has 0 saturated heterocycles. The minimum absolute atomic E-state index is 0.00688. The minimum Gasteiger partial charge on any atom is -0.358 e. The minimum atomic E-state index is -0.778. The molecule has 4 nitrogen and oxygen atoms in total. The Hall–Kier alpha value is -2.10. The summed E-state index contributed by atoms with van der Waals surface area (Å²) in [4.78, 5) is 26.5. The number of benzene rings is 1. The van der Waals surface area contributed by atoms with Gasteiger partial charge >= 0.3 is 0 Å². The zero-order valence-electron chi connectivity index (χ0n) is 14.1. The number of hydrogen-bond donors (Lipinski definition) is 1. The van der Waals surface area contributed by atoms with Crippen LogP contribution in [0.2, 0.25) is 0 Å². The Morgan fingerprint density at radius 3 is 2.26 bits per heavy atom. The molecular weight excluding hydrogens is 288 g/mol. The highest BCUT2D eigenvalue weighted by Gasteiger charge is 2.57. The molecule has 1 N–H and O–H groups in total. The van der Waals surface area contributed by atoms with Crippen molar-refractivity contribution in [1.29, 1.82) is 0 Å². The van der Waals surface area contributed by atoms with E-state index in [9.17, 15) is 9.59 Å². The number of amides is 2. The molecule has 1 fully saturated rings. The number of hydrogen-bond acceptors (Lipinski definition) is 2. The molecule has 1 aliphatic carbocycles. The summed E-state index contributed by atoms with van der Waals surface area (Å²) in [6.07, 6.45) is 4.33. The number of aryl methyl sites for hydroxylation is 2. The summed E-state index contributed by atoms with van der Waals surface area (Å²) in [7, 11) is 1.60. The van der Waals surface area contributed by atoms with E-state index in [1.807, 2.05) is 4.90 Å². The molecule has 2 aliphatic rings. The van der Waals surface area contributed by atoms with E-state index in [1.165, 1.54) is 22.3 Å². The molecule has 1 aromatic rings. The van der Waals surface area contributed by atoms with Crippen molar-refractivity contribution < 1.29 is 9.59 Å². The van der Waals surface area contributed by atoms with E-state index < -0.39 is 5.41 Å². The van der Waals surface area contributed by atoms with E-state index in [1.54, 1.807) is 7.05 Å². The Bertz CT molecular complexity index is 666. The Morgan fingerprint density at radius 1 is 1.13 bits per heavy atom. The van der Waals surface area contributed by atoms with Crippen LogP contribution in [0.4, 0.5) is 0 Å². The van der Waals surface area contributed by atoms with Gasteiger partial charge in [0.15, 0.2) is 0 Å². The van der Waals surface area contributed by atoms with Crippen LogP contribution >= 0.6 is 0 Å². The fourth-order valence-electron chi connectivity index (χ4n) is 3.48. The summed E-state index contributed by atoms with van der Waals surface area (Å²) in [5.41, 5.74) is 4.29. The molecule has 0 atom stereocenters. The quantitative estimate of drug-likeness (QED) is 0.872. The van der Waals surface area contributed by atoms with Crippen molar-refractivity contribution >= 4 is 17.4 Å². The first-order valence-corrected chi connectivity index (χ1v) is 8.25. The van der Waals surface area contributed by atoms with Crippen molar-refractivity contribution in [2.75, 3.05) is 20.1 Å². The van der Waals surface area contributed by atoms with Crippen LogP contribution in [0.1, 0.15) is 36.0 Å². The summed E-state index contributed by atoms with van der Waals surface area (Å²) >= 11 is 0. The molecular formula is C19H24N2O2. The van der Waals surface area contributed by atoms with E-state index in [0.717, 1.165) is 6.42 Å². The molecule has 2 amide bonds. The van der Waals surface area contributed by atoms with Gasteiger partial charge in [0.1, 0.15) is 5.41 Å². The van der Waals surface area contributed by atoms with Gasteiger partial charge in [-0.1, -0.05) is 35.4 Å². The summed E-state index contributed by atoms with van der Waals surface area (Å²) < 4.78 is 0. The third-order valence-corrected chi connectivity index (χ3v) is 4.91. The van der Waals surface area contributed by atoms with E-state index in [4.69, 9.17) is 0 Å². The van der Waals surface area contributed by atoms with Crippen LogP contribution in [0.5, 0.6) is 0 Å². The molecule has 0 spiro atoms. The van der Waals surface area contributed by atoms with Gasteiger partial charge in [0.2, 0.25) is 11.8 Å². The summed E-state index contributed by atoms with van der Waals surface area (Å²) in [5.74, 6) is -0.140. The molecule has 3 rings (SSSR count). The topological polar surface area (TPSA) is 49.4 Å². The molecule has 1 heterocycles. The normalized spacial score (nSPS) is 19.1. The van der Waals surface area contributed by atoms with Gasteiger partial charge in [-0.3, -0.25) is 9.59 Å². The number of rotatable bonds is 3. The molecule has 122 valence electrons. The maximum Gasteiger partial charge on any atom is 0.238 e. The van der Waals surface area contributed by atoms with Gasteiger partial charge in [-0.25, -0.2) is 0 Å². The van der Waals surface area contributed by atoms with Crippen molar-refractivity contribution in [3.8, 4) is 0 Å². The van der Waals surface area contributed by atoms with E-state index in [-0.39, 0.29) is 11.8 Å². The first-order chi connectivity index (χ1) is 11.0. The maximum atomic E-state index is 12.7. The SMILES string of the molecule is CNC(=O)C1(C(=O)N2CC=C(c3cc(C)cc(C)c3)CC2)CC1. The van der Waals surface area contributed by atoms with Crippen LogP contribution in [0.15, 0.2) is 24.3 Å². The average molecular weight is 312 g/mol. The third kappa shape index (κ3) is 2.90. The Morgan fingerprint density at radius 2 is 1.78 bits per heavy atom. The molecule has 0 aromatic heterocycles. The summed E-state index contributed by atoms with van der Waals surface area (Å²) in [5, 5.41) is 2.63. The fourth-order valence-corrected chi connectivity index (χ4v) is 3.48. The first kappa shape index (κ1) is 15.8.